The summed E-state index contributed by atoms with van der Waals surface area (Å²) < 4.78 is 0. The van der Waals surface area contributed by atoms with Crippen LogP contribution in [0.4, 0.5) is 0 Å². The Kier molecular flexibility index (Phi) is 4.60. The van der Waals surface area contributed by atoms with Gasteiger partial charge in [-0.15, -0.1) is 0 Å². The molecule has 4 nitrogen and oxygen atoms in total. The van der Waals surface area contributed by atoms with E-state index in [2.05, 4.69) is 10.3 Å². The summed E-state index contributed by atoms with van der Waals surface area (Å²) in [5.74, 6) is -0.222. The fourth-order valence-electron chi connectivity index (χ4n) is 1.94. The van der Waals surface area contributed by atoms with Crippen LogP contribution in [-0.2, 0) is 16.0 Å². The zero-order valence-corrected chi connectivity index (χ0v) is 11.3. The highest BCUT2D eigenvalue weighted by atomic mass is 16.2. The van der Waals surface area contributed by atoms with Gasteiger partial charge in [0.2, 0.25) is 5.91 Å². The second-order valence-corrected chi connectivity index (χ2v) is 4.50. The summed E-state index contributed by atoms with van der Waals surface area (Å²) in [5, 5.41) is 2.52. The van der Waals surface area contributed by atoms with Crippen LogP contribution in [0, 0.1) is 0 Å². The Morgan fingerprint density at radius 1 is 1.10 bits per heavy atom. The topological polar surface area (TPSA) is 59.1 Å². The molecule has 0 fully saturated rings. The number of aromatic nitrogens is 1. The fourth-order valence-corrected chi connectivity index (χ4v) is 1.94. The zero-order valence-electron chi connectivity index (χ0n) is 11.3. The van der Waals surface area contributed by atoms with Gasteiger partial charge < -0.3 is 5.32 Å². The summed E-state index contributed by atoms with van der Waals surface area (Å²) in [5.41, 5.74) is 2.71. The van der Waals surface area contributed by atoms with Crippen molar-refractivity contribution in [3.63, 3.8) is 0 Å². The summed E-state index contributed by atoms with van der Waals surface area (Å²) in [6.07, 6.45) is 2.01. The van der Waals surface area contributed by atoms with Crippen molar-refractivity contribution < 1.29 is 9.59 Å². The number of carbonyl (C=O) groups excluding carboxylic acids is 2. The van der Waals surface area contributed by atoms with Crippen molar-refractivity contribution in [2.75, 3.05) is 6.54 Å². The lowest BCUT2D eigenvalue weighted by atomic mass is 9.99. The minimum Gasteiger partial charge on any atom is -0.349 e. The van der Waals surface area contributed by atoms with E-state index in [4.69, 9.17) is 0 Å². The minimum atomic E-state index is -0.198. The predicted molar refractivity (Wildman–Crippen MR) is 77.1 cm³/mol. The highest BCUT2D eigenvalue weighted by Crippen LogP contribution is 2.21. The maximum atomic E-state index is 11.9. The second kappa shape index (κ2) is 6.61. The SMILES string of the molecule is CC(=O)NCC(=O)Cc1ccccc1-c1ccccn1. The highest BCUT2D eigenvalue weighted by molar-refractivity contribution is 5.88. The number of nitrogens with zero attached hydrogens (tertiary/aromatic N) is 1. The summed E-state index contributed by atoms with van der Waals surface area (Å²) in [7, 11) is 0. The Morgan fingerprint density at radius 2 is 1.85 bits per heavy atom. The molecule has 0 unspecified atom stereocenters. The Morgan fingerprint density at radius 3 is 2.55 bits per heavy atom. The first-order valence-electron chi connectivity index (χ1n) is 6.42. The van der Waals surface area contributed by atoms with E-state index < -0.39 is 0 Å². The van der Waals surface area contributed by atoms with Crippen LogP contribution in [0.3, 0.4) is 0 Å². The van der Waals surface area contributed by atoms with Gasteiger partial charge in [-0.25, -0.2) is 0 Å². The van der Waals surface area contributed by atoms with E-state index in [0.29, 0.717) is 0 Å². The van der Waals surface area contributed by atoms with E-state index in [0.717, 1.165) is 16.8 Å². The number of carbonyl (C=O) groups is 2. The van der Waals surface area contributed by atoms with E-state index in [1.54, 1.807) is 6.20 Å². The molecule has 4 heteroatoms. The lowest BCUT2D eigenvalue weighted by molar-refractivity contribution is -0.123. The summed E-state index contributed by atoms with van der Waals surface area (Å²) in [6.45, 7) is 1.46. The molecule has 0 aliphatic carbocycles. The van der Waals surface area contributed by atoms with Gasteiger partial charge in [-0.3, -0.25) is 14.6 Å². The fraction of sp³-hybridized carbons (Fsp3) is 0.188. The zero-order chi connectivity index (χ0) is 14.4. The van der Waals surface area contributed by atoms with Crippen LogP contribution in [0.25, 0.3) is 11.3 Å². The van der Waals surface area contributed by atoms with Crippen LogP contribution in [0.2, 0.25) is 0 Å². The van der Waals surface area contributed by atoms with Crippen molar-refractivity contribution in [3.05, 3.63) is 54.2 Å². The molecule has 1 aromatic heterocycles. The predicted octanol–water partition coefficient (Wildman–Crippen LogP) is 2.00. The van der Waals surface area contributed by atoms with Crippen LogP contribution in [0.1, 0.15) is 12.5 Å². The first kappa shape index (κ1) is 13.9. The number of amides is 1. The van der Waals surface area contributed by atoms with E-state index >= 15 is 0 Å². The van der Waals surface area contributed by atoms with Gasteiger partial charge in [0.25, 0.3) is 0 Å². The van der Waals surface area contributed by atoms with E-state index in [-0.39, 0.29) is 24.7 Å². The van der Waals surface area contributed by atoms with Gasteiger partial charge >= 0.3 is 0 Å². The van der Waals surface area contributed by atoms with Gasteiger partial charge in [-0.1, -0.05) is 30.3 Å². The van der Waals surface area contributed by atoms with Crippen molar-refractivity contribution in [1.82, 2.24) is 10.3 Å². The lowest BCUT2D eigenvalue weighted by Gasteiger charge is -2.08. The highest BCUT2D eigenvalue weighted by Gasteiger charge is 2.10. The molecule has 0 atom stereocenters. The first-order valence-corrected chi connectivity index (χ1v) is 6.42. The van der Waals surface area contributed by atoms with E-state index in [9.17, 15) is 9.59 Å². The molecule has 1 amide bonds. The Balaban J connectivity index is 2.17. The molecule has 1 N–H and O–H groups in total. The van der Waals surface area contributed by atoms with Crippen molar-refractivity contribution in [2.24, 2.45) is 0 Å². The van der Waals surface area contributed by atoms with E-state index in [1.165, 1.54) is 6.92 Å². The van der Waals surface area contributed by atoms with Crippen molar-refractivity contribution >= 4 is 11.7 Å². The number of nitrogens with one attached hydrogen (secondary N) is 1. The molecule has 0 spiro atoms. The Bertz CT molecular complexity index is 609. The molecule has 0 saturated carbocycles. The monoisotopic (exact) mass is 268 g/mol. The average Bonchev–Trinajstić information content (AvgIpc) is 2.47. The maximum absolute atomic E-state index is 11.9. The summed E-state index contributed by atoms with van der Waals surface area (Å²) >= 11 is 0. The van der Waals surface area contributed by atoms with Gasteiger partial charge in [0, 0.05) is 25.1 Å². The average molecular weight is 268 g/mol. The van der Waals surface area contributed by atoms with E-state index in [1.807, 2.05) is 42.5 Å². The molecule has 1 aromatic carbocycles. The molecule has 0 radical (unpaired) electrons. The normalized spacial score (nSPS) is 10.1. The second-order valence-electron chi connectivity index (χ2n) is 4.50. The third-order valence-corrected chi connectivity index (χ3v) is 2.88. The number of Topliss-reactive ketones (excluding diaryl/α,β-unsaturated/α-hetero) is 1. The largest absolute Gasteiger partial charge is 0.349 e. The van der Waals surface area contributed by atoms with Crippen LogP contribution in [-0.4, -0.2) is 23.2 Å². The van der Waals surface area contributed by atoms with Gasteiger partial charge in [-0.05, 0) is 17.7 Å². The number of ketones is 1. The van der Waals surface area contributed by atoms with Crippen LogP contribution < -0.4 is 5.32 Å². The molecule has 1 heterocycles. The Hall–Kier alpha value is -2.49. The maximum Gasteiger partial charge on any atom is 0.217 e. The number of hydrogen-bond acceptors (Lipinski definition) is 3. The van der Waals surface area contributed by atoms with Crippen molar-refractivity contribution in [2.45, 2.75) is 13.3 Å². The van der Waals surface area contributed by atoms with Crippen LogP contribution >= 0.6 is 0 Å². The minimum absolute atomic E-state index is 0.0245. The van der Waals surface area contributed by atoms with Gasteiger partial charge in [0.1, 0.15) is 0 Å². The molecular formula is C16H16N2O2. The third kappa shape index (κ3) is 3.75. The molecule has 2 rings (SSSR count). The molecule has 2 aromatic rings. The smallest absolute Gasteiger partial charge is 0.217 e. The van der Waals surface area contributed by atoms with Crippen LogP contribution in [0.5, 0.6) is 0 Å². The van der Waals surface area contributed by atoms with Gasteiger partial charge in [0.15, 0.2) is 5.78 Å². The number of rotatable bonds is 5. The van der Waals surface area contributed by atoms with Gasteiger partial charge in [0.05, 0.1) is 12.2 Å². The van der Waals surface area contributed by atoms with Crippen molar-refractivity contribution in [1.29, 1.82) is 0 Å². The quantitative estimate of drug-likeness (QED) is 0.902. The number of pyridine rings is 1. The standard InChI is InChI=1S/C16H16N2O2/c1-12(19)18-11-14(20)10-13-6-2-3-7-15(13)16-8-4-5-9-17-16/h2-9H,10-11H2,1H3,(H,18,19). The summed E-state index contributed by atoms with van der Waals surface area (Å²) in [4.78, 5) is 27.0. The molecular weight excluding hydrogens is 252 g/mol. The molecule has 20 heavy (non-hydrogen) atoms. The number of hydrogen-bond donors (Lipinski definition) is 1. The molecule has 0 bridgehead atoms. The van der Waals surface area contributed by atoms with Crippen molar-refractivity contribution in [3.8, 4) is 11.3 Å². The molecule has 0 saturated heterocycles. The number of benzene rings is 1. The van der Waals surface area contributed by atoms with Gasteiger partial charge in [-0.2, -0.15) is 0 Å². The van der Waals surface area contributed by atoms with Crippen LogP contribution in [0.15, 0.2) is 48.7 Å². The lowest BCUT2D eigenvalue weighted by Crippen LogP contribution is -2.28. The first-order chi connectivity index (χ1) is 9.66. The molecule has 0 aliphatic heterocycles. The Labute approximate surface area is 117 Å². The summed E-state index contributed by atoms with van der Waals surface area (Å²) in [6, 6.07) is 13.4. The molecule has 0 aliphatic rings. The molecule has 102 valence electrons. The third-order valence-electron chi connectivity index (χ3n) is 2.88.